The molecule has 252 valence electrons. The average molecular weight is 774 g/mol. The molecule has 0 aromatic heterocycles. The van der Waals surface area contributed by atoms with Gasteiger partial charge >= 0.3 is 27.0 Å². The van der Waals surface area contributed by atoms with Gasteiger partial charge in [0.05, 0.1) is 4.90 Å². The van der Waals surface area contributed by atoms with Crippen LogP contribution in [0.3, 0.4) is 0 Å². The molecular formula is C42H41ClN2O2RuS. The van der Waals surface area contributed by atoms with Crippen molar-refractivity contribution < 1.29 is 25.7 Å². The number of benzene rings is 5. The number of hydrogen-bond acceptors (Lipinski definition) is 3. The Morgan fingerprint density at radius 3 is 1.43 bits per heavy atom. The first-order chi connectivity index (χ1) is 23.7. The van der Waals surface area contributed by atoms with Gasteiger partial charge in [-0.25, -0.2) is 8.42 Å². The quantitative estimate of drug-likeness (QED) is 0.152. The Morgan fingerprint density at radius 2 is 1.00 bits per heavy atom. The summed E-state index contributed by atoms with van der Waals surface area (Å²) in [6, 6.07) is 42.0. The summed E-state index contributed by atoms with van der Waals surface area (Å²) in [5.41, 5.74) is 11.1. The van der Waals surface area contributed by atoms with E-state index in [0.717, 1.165) is 22.3 Å². The van der Waals surface area contributed by atoms with Crippen molar-refractivity contribution in [1.29, 1.82) is 0 Å². The number of halogens is 1. The Kier molecular flexibility index (Phi) is 15.3. The number of nitrogens with two attached hydrogens (primary N) is 1. The molecule has 49 heavy (non-hydrogen) atoms. The molecule has 0 bridgehead atoms. The number of hydrogen-bond donors (Lipinski definition) is 1. The van der Waals surface area contributed by atoms with E-state index >= 15 is 0 Å². The van der Waals surface area contributed by atoms with Crippen LogP contribution in [-0.2, 0) is 27.3 Å². The Bertz CT molecular complexity index is 1730. The predicted molar refractivity (Wildman–Crippen MR) is 200 cm³/mol. The molecule has 7 heteroatoms. The van der Waals surface area contributed by atoms with Crippen molar-refractivity contribution >= 4 is 19.7 Å². The standard InChI is InChI=1S/C32H27N2O2S.C10H14.ClH.Ru/c33-30(26-18-9-3-10-19-26)31(27-20-11-4-12-21-27)34-37(35,36)32-28(24-14-5-1-6-15-24)22-13-23-29(32)25-16-7-2-8-17-25;1-8(2)10-6-4-9(3)5-7-10;;/h1-23,30-31H,33H2;4-8H,1-3H3;1H;/q-1;;;+2/p-1/t30-,31-;;;/m0.../s1. The van der Waals surface area contributed by atoms with Crippen molar-refractivity contribution in [1.82, 2.24) is 0 Å². The third-order valence-electron chi connectivity index (χ3n) is 8.10. The summed E-state index contributed by atoms with van der Waals surface area (Å²) in [6.45, 7) is 6.54. The van der Waals surface area contributed by atoms with Crippen LogP contribution in [0.1, 0.15) is 44.0 Å². The monoisotopic (exact) mass is 774 g/mol. The van der Waals surface area contributed by atoms with Gasteiger partial charge in [-0.1, -0.05) is 172 Å². The van der Waals surface area contributed by atoms with Crippen LogP contribution < -0.4 is 5.73 Å². The normalized spacial score (nSPS) is 14.9. The summed E-state index contributed by atoms with van der Waals surface area (Å²) in [5, 5.41) is 0. The molecule has 1 aliphatic carbocycles. The van der Waals surface area contributed by atoms with Gasteiger partial charge in [0, 0.05) is 6.04 Å². The van der Waals surface area contributed by atoms with Crippen molar-refractivity contribution in [2.75, 3.05) is 0 Å². The van der Waals surface area contributed by atoms with Crippen LogP contribution in [0.15, 0.2) is 144 Å². The zero-order valence-corrected chi connectivity index (χ0v) is 31.1. The molecule has 2 N–H and O–H groups in total. The topological polar surface area (TPSA) is 74.3 Å². The van der Waals surface area contributed by atoms with Gasteiger partial charge < -0.3 is 10.5 Å². The summed E-state index contributed by atoms with van der Waals surface area (Å²) < 4.78 is 33.2. The molecule has 2 atom stereocenters. The van der Waals surface area contributed by atoms with Gasteiger partial charge in [-0.05, 0) is 71.3 Å². The molecule has 0 unspecified atom stereocenters. The van der Waals surface area contributed by atoms with Gasteiger partial charge in [0.2, 0.25) is 0 Å². The van der Waals surface area contributed by atoms with Crippen molar-refractivity contribution in [3.05, 3.63) is 193 Å². The van der Waals surface area contributed by atoms with Crippen LogP contribution >= 0.6 is 9.69 Å². The van der Waals surface area contributed by atoms with Crippen LogP contribution in [0.2, 0.25) is 0 Å². The van der Waals surface area contributed by atoms with Gasteiger partial charge in [-0.15, -0.1) is 0 Å². The zero-order valence-electron chi connectivity index (χ0n) is 27.8. The molecule has 0 heterocycles. The van der Waals surface area contributed by atoms with Crippen LogP contribution in [0, 0.1) is 43.4 Å². The first-order valence-electron chi connectivity index (χ1n) is 16.0. The number of rotatable bonds is 9. The fourth-order valence-corrected chi connectivity index (χ4v) is 7.08. The minimum atomic E-state index is -4.17. The van der Waals surface area contributed by atoms with Gasteiger partial charge in [-0.3, -0.25) is 0 Å². The van der Waals surface area contributed by atoms with E-state index in [9.17, 15) is 8.42 Å². The summed E-state index contributed by atoms with van der Waals surface area (Å²) in [4.78, 5) is 0.175. The van der Waals surface area contributed by atoms with Crippen LogP contribution in [0.5, 0.6) is 0 Å². The number of sulfonamides is 1. The molecule has 0 saturated heterocycles. The molecule has 5 aromatic carbocycles. The van der Waals surface area contributed by atoms with Crippen LogP contribution in [0.25, 0.3) is 27.0 Å². The van der Waals surface area contributed by atoms with Crippen molar-refractivity contribution in [2.45, 2.75) is 37.8 Å². The fraction of sp³-hybridized carbons (Fsp3) is 0.143. The van der Waals surface area contributed by atoms with E-state index in [1.54, 1.807) is 0 Å². The molecule has 6 radical (unpaired) electrons. The molecule has 0 amide bonds. The molecule has 1 aliphatic rings. The number of nitrogens with zero attached hydrogens (tertiary/aromatic N) is 1. The van der Waals surface area contributed by atoms with Gasteiger partial charge in [-0.2, -0.15) is 0 Å². The van der Waals surface area contributed by atoms with Crippen molar-refractivity contribution in [3.8, 4) is 22.3 Å². The SMILES string of the molecule is C[C]1[CH][CH][C](C(C)C)[CH][CH]1.N[C@@H](c1ccccc1)[C@@H]([N-]S(=O)(=O)c1c(-c2ccccc2)cccc1-c1ccccc1)c1ccccc1.[Cl][Ru+]. The Morgan fingerprint density at radius 1 is 0.592 bits per heavy atom. The second-order valence-corrected chi connectivity index (χ2v) is 13.4. The third kappa shape index (κ3) is 10.7. The molecule has 1 saturated carbocycles. The molecular weight excluding hydrogens is 733 g/mol. The average Bonchev–Trinajstić information content (AvgIpc) is 3.16. The van der Waals surface area contributed by atoms with E-state index in [2.05, 4.69) is 60.9 Å². The second-order valence-electron chi connectivity index (χ2n) is 11.9. The van der Waals surface area contributed by atoms with E-state index in [1.165, 1.54) is 11.8 Å². The summed E-state index contributed by atoms with van der Waals surface area (Å²) in [7, 11) is 0.396. The molecule has 1 fully saturated rings. The zero-order chi connectivity index (χ0) is 35.2. The van der Waals surface area contributed by atoms with E-state index in [-0.39, 0.29) is 4.90 Å². The van der Waals surface area contributed by atoms with Crippen LogP contribution in [0.4, 0.5) is 0 Å². The Balaban J connectivity index is 0.000000384. The first kappa shape index (κ1) is 38.7. The van der Waals surface area contributed by atoms with E-state index < -0.39 is 22.1 Å². The van der Waals surface area contributed by atoms with E-state index in [4.69, 9.17) is 5.73 Å². The fourth-order valence-electron chi connectivity index (χ4n) is 5.50. The summed E-state index contributed by atoms with van der Waals surface area (Å²) >= 11 is 1.82. The Hall–Kier alpha value is -3.12. The van der Waals surface area contributed by atoms with E-state index in [0.29, 0.717) is 17.0 Å². The van der Waals surface area contributed by atoms with Crippen molar-refractivity contribution in [2.24, 2.45) is 11.7 Å². The molecule has 6 rings (SSSR count). The maximum atomic E-state index is 14.3. The summed E-state index contributed by atoms with van der Waals surface area (Å²) in [6.07, 6.45) is 8.71. The van der Waals surface area contributed by atoms with Crippen LogP contribution in [-0.4, -0.2) is 8.42 Å². The second kappa shape index (κ2) is 19.3. The molecule has 5 aromatic rings. The Labute approximate surface area is 308 Å². The van der Waals surface area contributed by atoms with E-state index in [1.807, 2.05) is 157 Å². The molecule has 0 aliphatic heterocycles. The summed E-state index contributed by atoms with van der Waals surface area (Å²) in [5.74, 6) is 3.41. The minimum absolute atomic E-state index is 0.175. The maximum absolute atomic E-state index is 14.3. The van der Waals surface area contributed by atoms with Gasteiger partial charge in [0.1, 0.15) is 10.0 Å². The van der Waals surface area contributed by atoms with Gasteiger partial charge in [0.15, 0.2) is 0 Å². The van der Waals surface area contributed by atoms with Crippen molar-refractivity contribution in [3.63, 3.8) is 0 Å². The van der Waals surface area contributed by atoms with Gasteiger partial charge in [0.25, 0.3) is 0 Å². The molecule has 4 nitrogen and oxygen atoms in total. The third-order valence-corrected chi connectivity index (χ3v) is 9.57. The first-order valence-corrected chi connectivity index (χ1v) is 19.7. The molecule has 0 spiro atoms. The predicted octanol–water partition coefficient (Wildman–Crippen LogP) is 10.9.